The lowest BCUT2D eigenvalue weighted by molar-refractivity contribution is -0.111. The molecule has 2 aliphatic rings. The first kappa shape index (κ1) is 24.9. The minimum absolute atomic E-state index is 0.283. The number of aryl methyl sites for hydroxylation is 1. The zero-order valence-electron chi connectivity index (χ0n) is 21.0. The molecule has 3 aromatic rings. The summed E-state index contributed by atoms with van der Waals surface area (Å²) >= 11 is 1.68. The lowest BCUT2D eigenvalue weighted by Gasteiger charge is -2.34. The molecule has 192 valence electrons. The third-order valence-corrected chi connectivity index (χ3v) is 7.40. The largest absolute Gasteiger partial charge is 0.494 e. The van der Waals surface area contributed by atoms with Gasteiger partial charge in [-0.15, -0.1) is 11.8 Å². The highest BCUT2D eigenvalue weighted by molar-refractivity contribution is 7.99. The number of hydrogen-bond donors (Lipinski definition) is 2. The molecule has 9 nitrogen and oxygen atoms in total. The number of carbonyl (C=O) groups is 1. The number of anilines is 4. The minimum Gasteiger partial charge on any atom is -0.494 e. The number of rotatable bonds is 8. The van der Waals surface area contributed by atoms with Crippen LogP contribution in [-0.2, 0) is 11.2 Å². The van der Waals surface area contributed by atoms with Crippen LogP contribution >= 0.6 is 11.8 Å². The van der Waals surface area contributed by atoms with Crippen LogP contribution in [-0.4, -0.2) is 66.9 Å². The summed E-state index contributed by atoms with van der Waals surface area (Å²) < 4.78 is 11.9. The van der Waals surface area contributed by atoms with Gasteiger partial charge in [0.05, 0.1) is 23.4 Å². The number of hydrogen-bond acceptors (Lipinski definition) is 9. The highest BCUT2D eigenvalue weighted by Crippen LogP contribution is 2.40. The van der Waals surface area contributed by atoms with Gasteiger partial charge in [-0.25, -0.2) is 4.98 Å². The van der Waals surface area contributed by atoms with Gasteiger partial charge in [-0.05, 0) is 37.4 Å². The molecule has 2 aliphatic heterocycles. The molecule has 1 amide bonds. The van der Waals surface area contributed by atoms with Gasteiger partial charge in [0.2, 0.25) is 17.7 Å². The molecular formula is C27H30N6O3S. The molecule has 1 fully saturated rings. The van der Waals surface area contributed by atoms with Crippen LogP contribution in [0.3, 0.4) is 0 Å². The predicted octanol–water partition coefficient (Wildman–Crippen LogP) is 4.55. The molecule has 37 heavy (non-hydrogen) atoms. The molecule has 5 rings (SSSR count). The number of likely N-dealkylation sites (N-methyl/N-ethyl adjacent to an activating group) is 1. The van der Waals surface area contributed by atoms with Gasteiger partial charge < -0.3 is 29.9 Å². The molecule has 0 atom stereocenters. The Morgan fingerprint density at radius 3 is 2.76 bits per heavy atom. The number of ether oxygens (including phenoxy) is 2. The van der Waals surface area contributed by atoms with Crippen LogP contribution in [0.1, 0.15) is 5.69 Å². The molecule has 0 radical (unpaired) electrons. The summed E-state index contributed by atoms with van der Waals surface area (Å²) in [5.74, 6) is 2.85. The molecule has 1 saturated heterocycles. The van der Waals surface area contributed by atoms with Crippen molar-refractivity contribution in [3.05, 3.63) is 60.8 Å². The number of amides is 1. The average Bonchev–Trinajstić information content (AvgIpc) is 3.39. The Hall–Kier alpha value is -3.76. The van der Waals surface area contributed by atoms with E-state index >= 15 is 0 Å². The van der Waals surface area contributed by atoms with E-state index in [1.807, 2.05) is 18.2 Å². The van der Waals surface area contributed by atoms with Crippen molar-refractivity contribution in [3.63, 3.8) is 0 Å². The maximum atomic E-state index is 11.7. The number of methoxy groups -OCH3 is 1. The van der Waals surface area contributed by atoms with Gasteiger partial charge in [0.1, 0.15) is 11.5 Å². The van der Waals surface area contributed by atoms with E-state index in [0.29, 0.717) is 23.3 Å². The van der Waals surface area contributed by atoms with Gasteiger partial charge in [-0.1, -0.05) is 12.6 Å². The number of fused-ring (bicyclic) bond motifs is 1. The number of nitrogens with one attached hydrogen (secondary N) is 2. The zero-order valence-corrected chi connectivity index (χ0v) is 21.8. The Balaban J connectivity index is 1.38. The molecule has 0 aliphatic carbocycles. The van der Waals surface area contributed by atoms with Gasteiger partial charge in [0.15, 0.2) is 0 Å². The van der Waals surface area contributed by atoms with Gasteiger partial charge in [0, 0.05) is 61.9 Å². The first-order valence-electron chi connectivity index (χ1n) is 12.2. The minimum atomic E-state index is -0.283. The number of carbonyl (C=O) groups excluding carboxylic acids is 1. The average molecular weight is 519 g/mol. The summed E-state index contributed by atoms with van der Waals surface area (Å²) in [4.78, 5) is 26.8. The van der Waals surface area contributed by atoms with E-state index in [2.05, 4.69) is 46.2 Å². The third-order valence-electron chi connectivity index (χ3n) is 6.29. The SMILES string of the molecule is C=CC(=O)Nc1cccc(Oc2nc(Nc3ccc(N4CCN(C)CC4)cc3OC)nc3c2SCC3)c1. The van der Waals surface area contributed by atoms with Crippen molar-refractivity contribution in [1.82, 2.24) is 14.9 Å². The summed E-state index contributed by atoms with van der Waals surface area (Å²) in [6.45, 7) is 7.53. The second kappa shape index (κ2) is 11.1. The lowest BCUT2D eigenvalue weighted by Crippen LogP contribution is -2.44. The van der Waals surface area contributed by atoms with Crippen molar-refractivity contribution in [3.8, 4) is 17.4 Å². The summed E-state index contributed by atoms with van der Waals surface area (Å²) in [5, 5.41) is 6.08. The zero-order chi connectivity index (χ0) is 25.8. The van der Waals surface area contributed by atoms with E-state index in [4.69, 9.17) is 19.4 Å². The van der Waals surface area contributed by atoms with E-state index in [-0.39, 0.29) is 5.91 Å². The molecule has 0 unspecified atom stereocenters. The highest BCUT2D eigenvalue weighted by Gasteiger charge is 2.23. The van der Waals surface area contributed by atoms with Crippen LogP contribution in [0.5, 0.6) is 17.4 Å². The van der Waals surface area contributed by atoms with Crippen molar-refractivity contribution in [2.75, 3.05) is 61.6 Å². The molecule has 10 heteroatoms. The standard InChI is InChI=1S/C27H30N6O3S/c1-4-24(34)28-18-6-5-7-20(16-18)36-26-25-22(10-15-37-25)30-27(31-26)29-21-9-8-19(17-23(21)35-3)33-13-11-32(2)12-14-33/h4-9,16-17H,1,10-15H2,2-3H3,(H,28,34)(H,29,30,31). The Labute approximate surface area is 220 Å². The van der Waals surface area contributed by atoms with Crippen LogP contribution in [0.25, 0.3) is 0 Å². The lowest BCUT2D eigenvalue weighted by atomic mass is 10.2. The smallest absolute Gasteiger partial charge is 0.247 e. The molecule has 1 aromatic heterocycles. The number of nitrogens with zero attached hydrogens (tertiary/aromatic N) is 4. The summed E-state index contributed by atoms with van der Waals surface area (Å²) in [6.07, 6.45) is 2.06. The van der Waals surface area contributed by atoms with E-state index in [0.717, 1.165) is 66.1 Å². The third kappa shape index (κ3) is 5.81. The quantitative estimate of drug-likeness (QED) is 0.417. The molecular weight excluding hydrogens is 488 g/mol. The fraction of sp³-hybridized carbons (Fsp3) is 0.296. The maximum absolute atomic E-state index is 11.7. The summed E-state index contributed by atoms with van der Waals surface area (Å²) in [6, 6.07) is 13.3. The van der Waals surface area contributed by atoms with Gasteiger partial charge in [0.25, 0.3) is 0 Å². The van der Waals surface area contributed by atoms with Crippen LogP contribution in [0.2, 0.25) is 0 Å². The van der Waals surface area contributed by atoms with E-state index in [9.17, 15) is 4.79 Å². The summed E-state index contributed by atoms with van der Waals surface area (Å²) in [7, 11) is 3.82. The Kier molecular flexibility index (Phi) is 7.47. The van der Waals surface area contributed by atoms with Crippen molar-refractivity contribution in [2.24, 2.45) is 0 Å². The Morgan fingerprint density at radius 2 is 1.97 bits per heavy atom. The monoisotopic (exact) mass is 518 g/mol. The molecule has 0 saturated carbocycles. The van der Waals surface area contributed by atoms with Gasteiger partial charge in [-0.3, -0.25) is 4.79 Å². The number of piperazine rings is 1. The number of benzene rings is 2. The molecule has 0 bridgehead atoms. The van der Waals surface area contributed by atoms with E-state index in [1.54, 1.807) is 31.0 Å². The van der Waals surface area contributed by atoms with Crippen molar-refractivity contribution in [2.45, 2.75) is 11.3 Å². The fourth-order valence-corrected chi connectivity index (χ4v) is 5.30. The second-order valence-corrected chi connectivity index (χ2v) is 9.95. The van der Waals surface area contributed by atoms with Gasteiger partial charge >= 0.3 is 0 Å². The first-order valence-corrected chi connectivity index (χ1v) is 13.1. The highest BCUT2D eigenvalue weighted by atomic mass is 32.2. The molecule has 0 spiro atoms. The topological polar surface area (TPSA) is 91.8 Å². The second-order valence-electron chi connectivity index (χ2n) is 8.85. The molecule has 2 aromatic carbocycles. The van der Waals surface area contributed by atoms with Gasteiger partial charge in [-0.2, -0.15) is 4.98 Å². The Morgan fingerprint density at radius 1 is 1.14 bits per heavy atom. The van der Waals surface area contributed by atoms with E-state index in [1.165, 1.54) is 6.08 Å². The number of aromatic nitrogens is 2. The molecule has 3 heterocycles. The normalized spacial score (nSPS) is 15.1. The Bertz CT molecular complexity index is 1310. The molecule has 2 N–H and O–H groups in total. The fourth-order valence-electron chi connectivity index (χ4n) is 4.27. The van der Waals surface area contributed by atoms with Crippen LogP contribution in [0.4, 0.5) is 23.0 Å². The maximum Gasteiger partial charge on any atom is 0.247 e. The van der Waals surface area contributed by atoms with Crippen LogP contribution < -0.4 is 25.0 Å². The first-order chi connectivity index (χ1) is 18.0. The predicted molar refractivity (Wildman–Crippen MR) is 148 cm³/mol. The van der Waals surface area contributed by atoms with E-state index < -0.39 is 0 Å². The van der Waals surface area contributed by atoms with Crippen molar-refractivity contribution < 1.29 is 14.3 Å². The van der Waals surface area contributed by atoms with Crippen LogP contribution in [0, 0.1) is 0 Å². The van der Waals surface area contributed by atoms with Crippen molar-refractivity contribution >= 4 is 40.7 Å². The van der Waals surface area contributed by atoms with Crippen LogP contribution in [0.15, 0.2) is 60.0 Å². The summed E-state index contributed by atoms with van der Waals surface area (Å²) in [5.41, 5.74) is 3.48. The number of thioether (sulfide) groups is 1. The van der Waals surface area contributed by atoms with Crippen molar-refractivity contribution in [1.29, 1.82) is 0 Å².